The number of hydrogen-bond donors (Lipinski definition) is 3. The Morgan fingerprint density at radius 1 is 1.50 bits per heavy atom. The number of sulfonamides is 1. The Hall–Kier alpha value is -1.64. The van der Waals surface area contributed by atoms with Crippen LogP contribution in [0, 0.1) is 12.7 Å². The van der Waals surface area contributed by atoms with Gasteiger partial charge in [0.15, 0.2) is 0 Å². The number of nitrogens with zero attached hydrogens (tertiary/aromatic N) is 1. The molecular weight excluding hydrogens is 307 g/mol. The third kappa shape index (κ3) is 2.77. The monoisotopic (exact) mass is 318 g/mol. The normalized spacial score (nSPS) is 11.6. The molecule has 1 heterocycles. The van der Waals surface area contributed by atoms with E-state index in [-0.39, 0.29) is 22.3 Å². The number of hydrogen-bond acceptors (Lipinski definition) is 4. The van der Waals surface area contributed by atoms with Crippen molar-refractivity contribution in [2.75, 3.05) is 4.72 Å². The van der Waals surface area contributed by atoms with Gasteiger partial charge in [0.05, 0.1) is 5.69 Å². The van der Waals surface area contributed by atoms with E-state index in [0.29, 0.717) is 11.3 Å². The summed E-state index contributed by atoms with van der Waals surface area (Å²) in [7, 11) is -4.05. The lowest BCUT2D eigenvalue weighted by atomic mass is 10.3. The molecule has 0 atom stereocenters. The van der Waals surface area contributed by atoms with Gasteiger partial charge in [-0.25, -0.2) is 4.39 Å². The van der Waals surface area contributed by atoms with Crippen LogP contribution in [0.5, 0.6) is 0 Å². The van der Waals surface area contributed by atoms with Crippen molar-refractivity contribution >= 4 is 27.3 Å². The molecule has 0 spiro atoms. The standard InChI is InChI=1S/C11H12ClFN4O2S/c1-6-8(5-14)11(16-15-6)20(18,19)17-10-4-7(12)2-3-9(10)13/h2-4,17H,5,14H2,1H3,(H,15,16). The Balaban J connectivity index is 2.43. The number of H-pyrrole nitrogens is 1. The van der Waals surface area contributed by atoms with E-state index < -0.39 is 15.8 Å². The Labute approximate surface area is 120 Å². The lowest BCUT2D eigenvalue weighted by Gasteiger charge is -2.08. The minimum atomic E-state index is -4.05. The summed E-state index contributed by atoms with van der Waals surface area (Å²) in [5.41, 5.74) is 6.13. The molecule has 0 unspecified atom stereocenters. The van der Waals surface area contributed by atoms with E-state index in [1.807, 2.05) is 0 Å². The number of nitrogens with two attached hydrogens (primary N) is 1. The second kappa shape index (κ2) is 5.39. The average Bonchev–Trinajstić information content (AvgIpc) is 2.75. The predicted octanol–water partition coefficient (Wildman–Crippen LogP) is 1.77. The van der Waals surface area contributed by atoms with Gasteiger partial charge in [-0.1, -0.05) is 11.6 Å². The molecule has 4 N–H and O–H groups in total. The summed E-state index contributed by atoms with van der Waals surface area (Å²) in [5.74, 6) is -0.737. The van der Waals surface area contributed by atoms with E-state index >= 15 is 0 Å². The topological polar surface area (TPSA) is 101 Å². The van der Waals surface area contributed by atoms with E-state index in [2.05, 4.69) is 14.9 Å². The molecule has 0 saturated heterocycles. The maximum absolute atomic E-state index is 13.6. The molecule has 2 rings (SSSR count). The van der Waals surface area contributed by atoms with Crippen LogP contribution in [0.4, 0.5) is 10.1 Å². The Kier molecular flexibility index (Phi) is 3.98. The van der Waals surface area contributed by atoms with E-state index in [1.54, 1.807) is 6.92 Å². The molecule has 108 valence electrons. The van der Waals surface area contributed by atoms with E-state index in [0.717, 1.165) is 6.07 Å². The highest BCUT2D eigenvalue weighted by atomic mass is 35.5. The Bertz CT molecular complexity index is 745. The predicted molar refractivity (Wildman–Crippen MR) is 73.4 cm³/mol. The molecular formula is C11H12ClFN4O2S. The minimum Gasteiger partial charge on any atom is -0.326 e. The van der Waals surface area contributed by atoms with Gasteiger partial charge < -0.3 is 5.73 Å². The van der Waals surface area contributed by atoms with E-state index in [1.165, 1.54) is 12.1 Å². The number of rotatable bonds is 4. The molecule has 6 nitrogen and oxygen atoms in total. The largest absolute Gasteiger partial charge is 0.326 e. The van der Waals surface area contributed by atoms with Crippen molar-refractivity contribution in [1.82, 2.24) is 10.2 Å². The molecule has 0 radical (unpaired) electrons. The van der Waals surface area contributed by atoms with E-state index in [9.17, 15) is 12.8 Å². The Morgan fingerprint density at radius 3 is 2.85 bits per heavy atom. The Morgan fingerprint density at radius 2 is 2.20 bits per heavy atom. The van der Waals surface area contributed by atoms with Crippen LogP contribution in [0.3, 0.4) is 0 Å². The zero-order valence-electron chi connectivity index (χ0n) is 10.4. The van der Waals surface area contributed by atoms with Crippen LogP contribution in [0.15, 0.2) is 23.2 Å². The van der Waals surface area contributed by atoms with Crippen LogP contribution in [0.2, 0.25) is 5.02 Å². The first kappa shape index (κ1) is 14.8. The molecule has 2 aromatic rings. The number of aromatic amines is 1. The zero-order valence-corrected chi connectivity index (χ0v) is 12.0. The minimum absolute atomic E-state index is 0.00337. The number of nitrogens with one attached hydrogen (secondary N) is 2. The first-order valence-electron chi connectivity index (χ1n) is 5.57. The van der Waals surface area contributed by atoms with E-state index in [4.69, 9.17) is 17.3 Å². The van der Waals surface area contributed by atoms with Gasteiger partial charge >= 0.3 is 0 Å². The molecule has 0 amide bonds. The van der Waals surface area contributed by atoms with Crippen LogP contribution in [0.25, 0.3) is 0 Å². The van der Waals surface area contributed by atoms with Crippen LogP contribution < -0.4 is 10.5 Å². The molecule has 0 bridgehead atoms. The van der Waals surface area contributed by atoms with Gasteiger partial charge in [0, 0.05) is 22.8 Å². The van der Waals surface area contributed by atoms with Gasteiger partial charge in [0.2, 0.25) is 5.03 Å². The van der Waals surface area contributed by atoms with Gasteiger partial charge in [0.1, 0.15) is 5.82 Å². The molecule has 0 saturated carbocycles. The van der Waals surface area contributed by atoms with Crippen molar-refractivity contribution in [3.63, 3.8) is 0 Å². The molecule has 0 aliphatic carbocycles. The number of halogens is 2. The fraction of sp³-hybridized carbons (Fsp3) is 0.182. The second-order valence-corrected chi connectivity index (χ2v) is 6.10. The highest BCUT2D eigenvalue weighted by Gasteiger charge is 2.24. The molecule has 20 heavy (non-hydrogen) atoms. The maximum atomic E-state index is 13.6. The van der Waals surface area contributed by atoms with Crippen LogP contribution in [-0.2, 0) is 16.6 Å². The number of aryl methyl sites for hydroxylation is 1. The van der Waals surface area contributed by atoms with Crippen molar-refractivity contribution in [3.05, 3.63) is 40.3 Å². The smallest absolute Gasteiger partial charge is 0.281 e. The van der Waals surface area contributed by atoms with Gasteiger partial charge in [-0.05, 0) is 25.1 Å². The number of benzene rings is 1. The number of anilines is 1. The number of aromatic nitrogens is 2. The highest BCUT2D eigenvalue weighted by molar-refractivity contribution is 7.92. The lowest BCUT2D eigenvalue weighted by Crippen LogP contribution is -2.17. The third-order valence-electron chi connectivity index (χ3n) is 2.67. The molecule has 0 fully saturated rings. The van der Waals surface area contributed by atoms with Crippen molar-refractivity contribution in [1.29, 1.82) is 0 Å². The summed E-state index contributed by atoms with van der Waals surface area (Å²) in [5, 5.41) is 6.19. The van der Waals surface area contributed by atoms with Crippen molar-refractivity contribution in [2.24, 2.45) is 5.73 Å². The van der Waals surface area contributed by atoms with Gasteiger partial charge in [-0.2, -0.15) is 13.5 Å². The average molecular weight is 319 g/mol. The van der Waals surface area contributed by atoms with Gasteiger partial charge in [-0.3, -0.25) is 9.82 Å². The SMILES string of the molecule is Cc1[nH]nc(S(=O)(=O)Nc2cc(Cl)ccc2F)c1CN. The summed E-state index contributed by atoms with van der Waals surface area (Å²) in [4.78, 5) is 0. The quantitative estimate of drug-likeness (QED) is 0.799. The summed E-state index contributed by atoms with van der Waals surface area (Å²) >= 11 is 5.71. The van der Waals surface area contributed by atoms with Gasteiger partial charge in [0.25, 0.3) is 10.0 Å². The van der Waals surface area contributed by atoms with Crippen molar-refractivity contribution < 1.29 is 12.8 Å². The third-order valence-corrected chi connectivity index (χ3v) is 4.24. The zero-order chi connectivity index (χ0) is 14.9. The maximum Gasteiger partial charge on any atom is 0.281 e. The fourth-order valence-electron chi connectivity index (χ4n) is 1.66. The summed E-state index contributed by atoms with van der Waals surface area (Å²) in [6.45, 7) is 1.64. The molecule has 1 aromatic carbocycles. The van der Waals surface area contributed by atoms with Gasteiger partial charge in [-0.15, -0.1) is 0 Å². The lowest BCUT2D eigenvalue weighted by molar-refractivity contribution is 0.593. The summed E-state index contributed by atoms with van der Waals surface area (Å²) in [6.07, 6.45) is 0. The highest BCUT2D eigenvalue weighted by Crippen LogP contribution is 2.24. The first-order chi connectivity index (χ1) is 9.35. The molecule has 9 heteroatoms. The van der Waals surface area contributed by atoms with Crippen molar-refractivity contribution in [3.8, 4) is 0 Å². The second-order valence-electron chi connectivity index (χ2n) is 4.07. The van der Waals surface area contributed by atoms with Crippen LogP contribution in [0.1, 0.15) is 11.3 Å². The summed E-state index contributed by atoms with van der Waals surface area (Å²) < 4.78 is 40.1. The summed E-state index contributed by atoms with van der Waals surface area (Å²) in [6, 6.07) is 3.56. The fourth-order valence-corrected chi connectivity index (χ4v) is 3.10. The first-order valence-corrected chi connectivity index (χ1v) is 7.43. The van der Waals surface area contributed by atoms with Crippen molar-refractivity contribution in [2.45, 2.75) is 18.5 Å². The molecule has 0 aliphatic heterocycles. The molecule has 0 aliphatic rings. The van der Waals surface area contributed by atoms with Crippen LogP contribution >= 0.6 is 11.6 Å². The molecule has 1 aromatic heterocycles. The van der Waals surface area contributed by atoms with Crippen LogP contribution in [-0.4, -0.2) is 18.6 Å².